The molecule has 0 spiro atoms. The Morgan fingerprint density at radius 2 is 1.96 bits per heavy atom. The number of benzene rings is 2. The molecule has 4 aromatic rings. The number of nitrogens with one attached hydrogen (secondary N) is 1. The van der Waals surface area contributed by atoms with Crippen molar-refractivity contribution in [2.45, 2.75) is 20.8 Å². The number of aryl methyl sites for hydroxylation is 2. The second-order valence-electron chi connectivity index (χ2n) is 6.29. The zero-order valence-corrected chi connectivity index (χ0v) is 14.8. The predicted octanol–water partition coefficient (Wildman–Crippen LogP) is 5.08. The average Bonchev–Trinajstić information content (AvgIpc) is 3.14. The second-order valence-corrected chi connectivity index (χ2v) is 6.29. The molecular weight excluding hydrogens is 330 g/mol. The van der Waals surface area contributed by atoms with E-state index in [1.807, 2.05) is 44.2 Å². The monoisotopic (exact) mass is 349 g/mol. The van der Waals surface area contributed by atoms with Gasteiger partial charge in [0.25, 0.3) is 0 Å². The Morgan fingerprint density at radius 3 is 2.65 bits per heavy atom. The van der Waals surface area contributed by atoms with Crippen molar-refractivity contribution in [3.63, 3.8) is 0 Å². The summed E-state index contributed by atoms with van der Waals surface area (Å²) in [7, 11) is 0. The summed E-state index contributed by atoms with van der Waals surface area (Å²) >= 11 is 0. The van der Waals surface area contributed by atoms with Gasteiger partial charge in [-0.2, -0.15) is 0 Å². The van der Waals surface area contributed by atoms with Crippen LogP contribution in [0.1, 0.15) is 28.8 Å². The van der Waals surface area contributed by atoms with Crippen LogP contribution in [0, 0.1) is 13.8 Å². The van der Waals surface area contributed by atoms with Gasteiger partial charge in [0.05, 0.1) is 12.1 Å². The highest BCUT2D eigenvalue weighted by Gasteiger charge is 2.24. The van der Waals surface area contributed by atoms with Crippen molar-refractivity contribution < 1.29 is 19.1 Å². The first-order valence-corrected chi connectivity index (χ1v) is 8.52. The van der Waals surface area contributed by atoms with Crippen molar-refractivity contribution in [1.82, 2.24) is 4.98 Å². The Balaban J connectivity index is 2.15. The summed E-state index contributed by atoms with van der Waals surface area (Å²) in [4.78, 5) is 15.9. The molecule has 4 rings (SSSR count). The van der Waals surface area contributed by atoms with Gasteiger partial charge in [-0.3, -0.25) is 0 Å². The van der Waals surface area contributed by atoms with Crippen LogP contribution < -0.4 is 0 Å². The number of hydrogen-bond donors (Lipinski definition) is 2. The van der Waals surface area contributed by atoms with E-state index in [1.54, 1.807) is 13.0 Å². The van der Waals surface area contributed by atoms with Crippen molar-refractivity contribution in [3.8, 4) is 16.9 Å². The summed E-state index contributed by atoms with van der Waals surface area (Å²) in [6.07, 6.45) is 0. The van der Waals surface area contributed by atoms with Crippen LogP contribution in [0.25, 0.3) is 32.9 Å². The number of para-hydroxylation sites is 1. The molecule has 2 N–H and O–H groups in total. The van der Waals surface area contributed by atoms with Crippen LogP contribution in [0.3, 0.4) is 0 Å². The normalized spacial score (nSPS) is 11.3. The molecule has 5 nitrogen and oxygen atoms in total. The fraction of sp³-hybridized carbons (Fsp3) is 0.190. The molecule has 132 valence electrons. The molecule has 0 saturated heterocycles. The number of H-pyrrole nitrogens is 1. The van der Waals surface area contributed by atoms with E-state index in [1.165, 1.54) is 0 Å². The number of hydrogen-bond acceptors (Lipinski definition) is 4. The van der Waals surface area contributed by atoms with Gasteiger partial charge < -0.3 is 19.2 Å². The van der Waals surface area contributed by atoms with Gasteiger partial charge in [0.1, 0.15) is 22.8 Å². The average molecular weight is 349 g/mol. The third kappa shape index (κ3) is 2.36. The maximum Gasteiger partial charge on any atom is 0.342 e. The van der Waals surface area contributed by atoms with Crippen LogP contribution in [0.4, 0.5) is 0 Å². The smallest absolute Gasteiger partial charge is 0.342 e. The molecule has 0 saturated carbocycles. The van der Waals surface area contributed by atoms with Gasteiger partial charge in [0.2, 0.25) is 0 Å². The Hall–Kier alpha value is -3.21. The van der Waals surface area contributed by atoms with E-state index >= 15 is 0 Å². The van der Waals surface area contributed by atoms with Gasteiger partial charge in [0, 0.05) is 27.4 Å². The molecule has 2 aromatic heterocycles. The van der Waals surface area contributed by atoms with Crippen LogP contribution in [-0.2, 0) is 4.74 Å². The largest absolute Gasteiger partial charge is 0.507 e. The number of aromatic nitrogens is 1. The molecule has 0 aliphatic heterocycles. The first kappa shape index (κ1) is 16.3. The summed E-state index contributed by atoms with van der Waals surface area (Å²) in [5.74, 6) is 0.904. The number of carbonyl (C=O) groups is 1. The lowest BCUT2D eigenvalue weighted by atomic mass is 9.97. The molecule has 26 heavy (non-hydrogen) atoms. The van der Waals surface area contributed by atoms with Gasteiger partial charge in [0.15, 0.2) is 0 Å². The SMILES string of the molecule is CCOC(=O)c1c(O)cc(-c2cc(C)oc2C)c2[nH]c3ccccc3c12. The number of ether oxygens (including phenoxy) is 1. The number of esters is 1. The molecule has 0 fully saturated rings. The van der Waals surface area contributed by atoms with Crippen molar-refractivity contribution >= 4 is 27.8 Å². The van der Waals surface area contributed by atoms with E-state index in [-0.39, 0.29) is 17.9 Å². The minimum atomic E-state index is -0.536. The molecule has 0 aliphatic carbocycles. The number of furan rings is 1. The highest BCUT2D eigenvalue weighted by molar-refractivity contribution is 6.21. The lowest BCUT2D eigenvalue weighted by molar-refractivity contribution is 0.0525. The van der Waals surface area contributed by atoms with Crippen LogP contribution in [0.5, 0.6) is 5.75 Å². The van der Waals surface area contributed by atoms with Crippen molar-refractivity contribution in [3.05, 3.63) is 53.5 Å². The summed E-state index contributed by atoms with van der Waals surface area (Å²) in [5, 5.41) is 12.2. The van der Waals surface area contributed by atoms with E-state index in [4.69, 9.17) is 9.15 Å². The zero-order valence-electron chi connectivity index (χ0n) is 14.8. The molecule has 0 aliphatic rings. The van der Waals surface area contributed by atoms with E-state index in [2.05, 4.69) is 4.98 Å². The highest BCUT2D eigenvalue weighted by atomic mass is 16.5. The molecule has 0 atom stereocenters. The minimum Gasteiger partial charge on any atom is -0.507 e. The van der Waals surface area contributed by atoms with Gasteiger partial charge >= 0.3 is 5.97 Å². The maximum absolute atomic E-state index is 12.5. The Morgan fingerprint density at radius 1 is 1.19 bits per heavy atom. The Labute approximate surface area is 150 Å². The Bertz CT molecular complexity index is 1150. The predicted molar refractivity (Wildman–Crippen MR) is 101 cm³/mol. The van der Waals surface area contributed by atoms with Gasteiger partial charge in [-0.1, -0.05) is 18.2 Å². The fourth-order valence-corrected chi connectivity index (χ4v) is 3.53. The summed E-state index contributed by atoms with van der Waals surface area (Å²) in [6.45, 7) is 5.75. The van der Waals surface area contributed by atoms with Crippen LogP contribution in [-0.4, -0.2) is 22.7 Å². The maximum atomic E-state index is 12.5. The molecule has 2 aromatic carbocycles. The number of carbonyl (C=O) groups excluding carboxylic acids is 1. The summed E-state index contributed by atoms with van der Waals surface area (Å²) in [6, 6.07) is 11.2. The molecule has 0 unspecified atom stereocenters. The molecule has 0 amide bonds. The number of rotatable bonds is 3. The van der Waals surface area contributed by atoms with E-state index in [0.717, 1.165) is 39.1 Å². The number of aromatic amines is 1. The minimum absolute atomic E-state index is 0.103. The molecule has 0 bridgehead atoms. The number of phenols is 1. The molecule has 0 radical (unpaired) electrons. The Kier molecular flexibility index (Phi) is 3.72. The van der Waals surface area contributed by atoms with Crippen molar-refractivity contribution in [1.29, 1.82) is 0 Å². The van der Waals surface area contributed by atoms with E-state index < -0.39 is 5.97 Å². The highest BCUT2D eigenvalue weighted by Crippen LogP contribution is 2.41. The summed E-state index contributed by atoms with van der Waals surface area (Å²) < 4.78 is 10.8. The third-order valence-electron chi connectivity index (χ3n) is 4.57. The van der Waals surface area contributed by atoms with E-state index in [0.29, 0.717) is 5.39 Å². The standard InChI is InChI=1S/C21H19NO4/c1-4-25-21(24)19-17(23)10-15(14-9-11(2)26-12(14)3)20-18(19)13-7-5-6-8-16(13)22-20/h5-10,22-23H,4H2,1-3H3. The number of fused-ring (bicyclic) bond motifs is 3. The molecular formula is C21H19NO4. The first-order valence-electron chi connectivity index (χ1n) is 8.52. The topological polar surface area (TPSA) is 75.5 Å². The lowest BCUT2D eigenvalue weighted by Gasteiger charge is -2.10. The molecule has 5 heteroatoms. The second kappa shape index (κ2) is 5.95. The number of phenolic OH excluding ortho intramolecular Hbond substituents is 1. The summed E-state index contributed by atoms with van der Waals surface area (Å²) in [5.41, 5.74) is 3.51. The third-order valence-corrected chi connectivity index (χ3v) is 4.57. The lowest BCUT2D eigenvalue weighted by Crippen LogP contribution is -2.06. The van der Waals surface area contributed by atoms with Crippen molar-refractivity contribution in [2.75, 3.05) is 6.61 Å². The van der Waals surface area contributed by atoms with Gasteiger partial charge in [-0.05, 0) is 39.0 Å². The number of aromatic hydroxyl groups is 1. The van der Waals surface area contributed by atoms with Gasteiger partial charge in [-0.15, -0.1) is 0 Å². The first-order chi connectivity index (χ1) is 12.5. The zero-order chi connectivity index (χ0) is 18.4. The van der Waals surface area contributed by atoms with Crippen LogP contribution in [0.15, 0.2) is 40.8 Å². The fourth-order valence-electron chi connectivity index (χ4n) is 3.53. The van der Waals surface area contributed by atoms with E-state index in [9.17, 15) is 9.90 Å². The van der Waals surface area contributed by atoms with Crippen LogP contribution in [0.2, 0.25) is 0 Å². The quantitative estimate of drug-likeness (QED) is 0.506. The van der Waals surface area contributed by atoms with Gasteiger partial charge in [-0.25, -0.2) is 4.79 Å². The van der Waals surface area contributed by atoms with Crippen molar-refractivity contribution in [2.24, 2.45) is 0 Å². The molecule has 2 heterocycles. The van der Waals surface area contributed by atoms with Crippen LogP contribution >= 0.6 is 0 Å².